The summed E-state index contributed by atoms with van der Waals surface area (Å²) in [5, 5.41) is 9.56. The third-order valence-electron chi connectivity index (χ3n) is 3.03. The standard InChI is InChI=1S/C13H30N2OS/c1-5-15(6-2)7-8-17-13(10-16)12(14)9-11(3)4/h11-13,16H,5-10,14H2,1-4H3. The molecule has 3 nitrogen and oxygen atoms in total. The summed E-state index contributed by atoms with van der Waals surface area (Å²) in [6.45, 7) is 12.2. The molecule has 4 heteroatoms. The van der Waals surface area contributed by atoms with Crippen LogP contribution in [-0.4, -0.2) is 53.3 Å². The molecule has 0 heterocycles. The Kier molecular flexibility index (Phi) is 10.3. The average Bonchev–Trinajstić information content (AvgIpc) is 2.28. The van der Waals surface area contributed by atoms with E-state index in [1.54, 1.807) is 0 Å². The fourth-order valence-electron chi connectivity index (χ4n) is 1.88. The van der Waals surface area contributed by atoms with Crippen LogP contribution in [0.3, 0.4) is 0 Å². The van der Waals surface area contributed by atoms with E-state index < -0.39 is 0 Å². The Hall–Kier alpha value is 0.230. The molecule has 104 valence electrons. The highest BCUT2D eigenvalue weighted by Crippen LogP contribution is 2.18. The van der Waals surface area contributed by atoms with Crippen molar-refractivity contribution in [2.75, 3.05) is 32.0 Å². The smallest absolute Gasteiger partial charge is 0.0565 e. The van der Waals surface area contributed by atoms with Gasteiger partial charge in [0.1, 0.15) is 0 Å². The molecule has 0 rings (SSSR count). The van der Waals surface area contributed by atoms with Crippen LogP contribution in [0.25, 0.3) is 0 Å². The van der Waals surface area contributed by atoms with E-state index in [-0.39, 0.29) is 17.9 Å². The summed E-state index contributed by atoms with van der Waals surface area (Å²) in [4.78, 5) is 2.40. The molecule has 0 fully saturated rings. The lowest BCUT2D eigenvalue weighted by Crippen LogP contribution is -2.37. The van der Waals surface area contributed by atoms with E-state index in [0.29, 0.717) is 5.92 Å². The molecule has 0 spiro atoms. The normalized spacial score (nSPS) is 15.5. The maximum atomic E-state index is 9.37. The second-order valence-electron chi connectivity index (χ2n) is 4.91. The van der Waals surface area contributed by atoms with Gasteiger partial charge >= 0.3 is 0 Å². The van der Waals surface area contributed by atoms with Crippen LogP contribution in [0.1, 0.15) is 34.1 Å². The van der Waals surface area contributed by atoms with Gasteiger partial charge < -0.3 is 15.7 Å². The monoisotopic (exact) mass is 262 g/mol. The van der Waals surface area contributed by atoms with Gasteiger partial charge in [0.25, 0.3) is 0 Å². The largest absolute Gasteiger partial charge is 0.395 e. The molecule has 0 bridgehead atoms. The molecule has 0 saturated carbocycles. The lowest BCUT2D eigenvalue weighted by molar-refractivity contribution is 0.274. The summed E-state index contributed by atoms with van der Waals surface area (Å²) in [7, 11) is 0. The van der Waals surface area contributed by atoms with Gasteiger partial charge in [-0.2, -0.15) is 11.8 Å². The van der Waals surface area contributed by atoms with Crippen molar-refractivity contribution in [3.63, 3.8) is 0 Å². The molecule has 0 aromatic carbocycles. The zero-order valence-corrected chi connectivity index (χ0v) is 12.7. The molecule has 0 aromatic rings. The Balaban J connectivity index is 3.88. The van der Waals surface area contributed by atoms with Crippen LogP contribution in [0, 0.1) is 5.92 Å². The maximum Gasteiger partial charge on any atom is 0.0565 e. The molecule has 0 aliphatic rings. The van der Waals surface area contributed by atoms with Crippen molar-refractivity contribution in [3.05, 3.63) is 0 Å². The van der Waals surface area contributed by atoms with Crippen LogP contribution >= 0.6 is 11.8 Å². The topological polar surface area (TPSA) is 49.5 Å². The van der Waals surface area contributed by atoms with Gasteiger partial charge in [0.2, 0.25) is 0 Å². The van der Waals surface area contributed by atoms with Crippen molar-refractivity contribution in [3.8, 4) is 0 Å². The first kappa shape index (κ1) is 17.2. The Labute approximate surface area is 111 Å². The lowest BCUT2D eigenvalue weighted by Gasteiger charge is -2.24. The minimum Gasteiger partial charge on any atom is -0.395 e. The number of nitrogens with two attached hydrogens (primary N) is 1. The molecular formula is C13H30N2OS. The molecule has 3 N–H and O–H groups in total. The van der Waals surface area contributed by atoms with E-state index in [2.05, 4.69) is 32.6 Å². The van der Waals surface area contributed by atoms with E-state index in [1.807, 2.05) is 11.8 Å². The molecule has 0 radical (unpaired) electrons. The average molecular weight is 262 g/mol. The molecule has 0 aliphatic heterocycles. The Morgan fingerprint density at radius 2 is 1.82 bits per heavy atom. The van der Waals surface area contributed by atoms with E-state index >= 15 is 0 Å². The van der Waals surface area contributed by atoms with Gasteiger partial charge in [0, 0.05) is 23.6 Å². The molecule has 17 heavy (non-hydrogen) atoms. The van der Waals surface area contributed by atoms with Crippen molar-refractivity contribution in [1.82, 2.24) is 4.90 Å². The highest BCUT2D eigenvalue weighted by atomic mass is 32.2. The molecule has 2 unspecified atom stereocenters. The fraction of sp³-hybridized carbons (Fsp3) is 1.00. The molecule has 0 aromatic heterocycles. The lowest BCUT2D eigenvalue weighted by atomic mass is 10.0. The third-order valence-corrected chi connectivity index (χ3v) is 4.38. The van der Waals surface area contributed by atoms with Gasteiger partial charge in [0.15, 0.2) is 0 Å². The van der Waals surface area contributed by atoms with E-state index in [4.69, 9.17) is 5.73 Å². The highest BCUT2D eigenvalue weighted by molar-refractivity contribution is 8.00. The van der Waals surface area contributed by atoms with Crippen molar-refractivity contribution in [2.24, 2.45) is 11.7 Å². The summed E-state index contributed by atoms with van der Waals surface area (Å²) in [5.41, 5.74) is 6.12. The van der Waals surface area contributed by atoms with E-state index in [0.717, 1.165) is 31.8 Å². The predicted molar refractivity (Wildman–Crippen MR) is 78.6 cm³/mol. The number of rotatable bonds is 10. The Bertz CT molecular complexity index is 175. The quantitative estimate of drug-likeness (QED) is 0.630. The zero-order valence-electron chi connectivity index (χ0n) is 11.9. The summed E-state index contributed by atoms with van der Waals surface area (Å²) < 4.78 is 0. The predicted octanol–water partition coefficient (Wildman–Crippen LogP) is 1.80. The third kappa shape index (κ3) is 8.03. The Morgan fingerprint density at radius 3 is 2.24 bits per heavy atom. The van der Waals surface area contributed by atoms with Crippen LogP contribution in [0.15, 0.2) is 0 Å². The van der Waals surface area contributed by atoms with Crippen LogP contribution in [-0.2, 0) is 0 Å². The first-order chi connectivity index (χ1) is 8.04. The number of hydrogen-bond donors (Lipinski definition) is 2. The van der Waals surface area contributed by atoms with Crippen LogP contribution in [0.2, 0.25) is 0 Å². The molecular weight excluding hydrogens is 232 g/mol. The second-order valence-corrected chi connectivity index (χ2v) is 6.26. The van der Waals surface area contributed by atoms with Gasteiger partial charge in [-0.05, 0) is 25.4 Å². The summed E-state index contributed by atoms with van der Waals surface area (Å²) in [6.07, 6.45) is 0.990. The van der Waals surface area contributed by atoms with Crippen molar-refractivity contribution in [1.29, 1.82) is 0 Å². The number of aliphatic hydroxyl groups is 1. The SMILES string of the molecule is CCN(CC)CCSC(CO)C(N)CC(C)C. The van der Waals surface area contributed by atoms with E-state index in [9.17, 15) is 5.11 Å². The number of nitrogens with zero attached hydrogens (tertiary/aromatic N) is 1. The van der Waals surface area contributed by atoms with Crippen LogP contribution < -0.4 is 5.73 Å². The summed E-state index contributed by atoms with van der Waals surface area (Å²) in [6, 6.07) is 0.113. The molecule has 0 amide bonds. The summed E-state index contributed by atoms with van der Waals surface area (Å²) in [5.74, 6) is 1.65. The number of thioether (sulfide) groups is 1. The van der Waals surface area contributed by atoms with Crippen LogP contribution in [0.5, 0.6) is 0 Å². The zero-order chi connectivity index (χ0) is 13.3. The maximum absolute atomic E-state index is 9.37. The minimum atomic E-state index is 0.113. The van der Waals surface area contributed by atoms with Gasteiger partial charge in [-0.3, -0.25) is 0 Å². The summed E-state index contributed by atoms with van der Waals surface area (Å²) >= 11 is 1.81. The number of aliphatic hydroxyl groups excluding tert-OH is 1. The molecule has 0 aliphatic carbocycles. The minimum absolute atomic E-state index is 0.113. The van der Waals surface area contributed by atoms with Gasteiger partial charge in [0.05, 0.1) is 6.61 Å². The Morgan fingerprint density at radius 1 is 1.24 bits per heavy atom. The van der Waals surface area contributed by atoms with Crippen molar-refractivity contribution >= 4 is 11.8 Å². The van der Waals surface area contributed by atoms with Gasteiger partial charge in [-0.1, -0.05) is 27.7 Å². The van der Waals surface area contributed by atoms with Crippen LogP contribution in [0.4, 0.5) is 0 Å². The number of hydrogen-bond acceptors (Lipinski definition) is 4. The molecule has 2 atom stereocenters. The highest BCUT2D eigenvalue weighted by Gasteiger charge is 2.18. The van der Waals surface area contributed by atoms with Gasteiger partial charge in [-0.25, -0.2) is 0 Å². The van der Waals surface area contributed by atoms with Gasteiger partial charge in [-0.15, -0.1) is 0 Å². The van der Waals surface area contributed by atoms with Crippen molar-refractivity contribution in [2.45, 2.75) is 45.4 Å². The fourth-order valence-corrected chi connectivity index (χ4v) is 3.01. The van der Waals surface area contributed by atoms with E-state index in [1.165, 1.54) is 0 Å². The molecule has 0 saturated heterocycles. The van der Waals surface area contributed by atoms with Crippen molar-refractivity contribution < 1.29 is 5.11 Å². The second kappa shape index (κ2) is 10.2. The first-order valence-electron chi connectivity index (χ1n) is 6.75. The first-order valence-corrected chi connectivity index (χ1v) is 7.80.